The van der Waals surface area contributed by atoms with Crippen LogP contribution in [0.4, 0.5) is 13.2 Å². The molecule has 0 aliphatic carbocycles. The molecule has 0 unspecified atom stereocenters. The fraction of sp³-hybridized carbons (Fsp3) is 0.182. The average molecular weight is 287 g/mol. The highest BCUT2D eigenvalue weighted by molar-refractivity contribution is 7.98. The van der Waals surface area contributed by atoms with Crippen molar-refractivity contribution in [2.45, 2.75) is 17.1 Å². The number of alkyl halides is 3. The summed E-state index contributed by atoms with van der Waals surface area (Å²) in [7, 11) is 0. The van der Waals surface area contributed by atoms with E-state index in [1.807, 2.05) is 0 Å². The van der Waals surface area contributed by atoms with Gasteiger partial charge in [-0.05, 0) is 11.6 Å². The fourth-order valence-electron chi connectivity index (χ4n) is 1.35. The van der Waals surface area contributed by atoms with Gasteiger partial charge in [-0.2, -0.15) is 18.3 Å². The van der Waals surface area contributed by atoms with E-state index in [1.165, 1.54) is 6.07 Å². The third-order valence-corrected chi connectivity index (χ3v) is 3.12. The summed E-state index contributed by atoms with van der Waals surface area (Å²) in [6.07, 6.45) is -3.34. The largest absolute Gasteiger partial charge is 0.416 e. The molecule has 0 atom stereocenters. The summed E-state index contributed by atoms with van der Waals surface area (Å²) in [6, 6.07) is 5.01. The predicted octanol–water partition coefficient (Wildman–Crippen LogP) is 2.48. The molecule has 0 aliphatic heterocycles. The fourth-order valence-corrected chi connectivity index (χ4v) is 2.11. The quantitative estimate of drug-likeness (QED) is 0.881. The molecule has 100 valence electrons. The van der Waals surface area contributed by atoms with Crippen molar-refractivity contribution < 1.29 is 13.2 Å². The minimum atomic E-state index is -4.36. The van der Waals surface area contributed by atoms with Crippen molar-refractivity contribution >= 4 is 11.8 Å². The summed E-state index contributed by atoms with van der Waals surface area (Å²) in [5.74, 6) is 0.262. The number of benzene rings is 1. The van der Waals surface area contributed by atoms with Crippen molar-refractivity contribution in [1.82, 2.24) is 15.2 Å². The second-order valence-electron chi connectivity index (χ2n) is 3.63. The van der Waals surface area contributed by atoms with Gasteiger partial charge in [-0.25, -0.2) is 0 Å². The lowest BCUT2D eigenvalue weighted by molar-refractivity contribution is -0.137. The van der Waals surface area contributed by atoms with Crippen molar-refractivity contribution in [3.63, 3.8) is 0 Å². The summed E-state index contributed by atoms with van der Waals surface area (Å²) in [4.78, 5) is 13.4. The van der Waals surface area contributed by atoms with Gasteiger partial charge < -0.3 is 0 Å². The average Bonchev–Trinajstić information content (AvgIpc) is 2.36. The van der Waals surface area contributed by atoms with Gasteiger partial charge in [0.2, 0.25) is 0 Å². The molecule has 1 N–H and O–H groups in total. The van der Waals surface area contributed by atoms with Gasteiger partial charge in [0.25, 0.3) is 5.56 Å². The van der Waals surface area contributed by atoms with Gasteiger partial charge in [0.15, 0.2) is 5.16 Å². The summed E-state index contributed by atoms with van der Waals surface area (Å²) in [5, 5.41) is 7.39. The molecule has 4 nitrogen and oxygen atoms in total. The molecule has 2 aromatic rings. The lowest BCUT2D eigenvalue weighted by Crippen LogP contribution is -2.08. The molecular formula is C11H8F3N3OS. The Morgan fingerprint density at radius 1 is 1.32 bits per heavy atom. The lowest BCUT2D eigenvalue weighted by atomic mass is 10.1. The zero-order valence-electron chi connectivity index (χ0n) is 9.44. The smallest absolute Gasteiger partial charge is 0.299 e. The SMILES string of the molecule is O=c1cnnc(SCc2cccc(C(F)(F)F)c2)[nH]1. The molecule has 0 aliphatic rings. The molecule has 0 bridgehead atoms. The van der Waals surface area contributed by atoms with Gasteiger partial charge in [0.05, 0.1) is 5.56 Å². The third kappa shape index (κ3) is 3.82. The van der Waals surface area contributed by atoms with Crippen molar-refractivity contribution in [2.75, 3.05) is 0 Å². The Bertz CT molecular complexity index is 627. The van der Waals surface area contributed by atoms with Crippen LogP contribution in [0.15, 0.2) is 40.4 Å². The van der Waals surface area contributed by atoms with E-state index in [0.717, 1.165) is 30.1 Å². The Labute approximate surface area is 110 Å². The molecule has 0 saturated heterocycles. The normalized spacial score (nSPS) is 11.5. The molecule has 19 heavy (non-hydrogen) atoms. The predicted molar refractivity (Wildman–Crippen MR) is 63.7 cm³/mol. The first-order chi connectivity index (χ1) is 8.95. The van der Waals surface area contributed by atoms with Crippen LogP contribution in [0.5, 0.6) is 0 Å². The molecule has 0 spiro atoms. The molecule has 0 radical (unpaired) electrons. The Hall–Kier alpha value is -1.83. The third-order valence-electron chi connectivity index (χ3n) is 2.18. The first-order valence-corrected chi connectivity index (χ1v) is 6.14. The van der Waals surface area contributed by atoms with Crippen LogP contribution in [-0.2, 0) is 11.9 Å². The van der Waals surface area contributed by atoms with Crippen LogP contribution < -0.4 is 5.56 Å². The molecule has 0 fully saturated rings. The summed E-state index contributed by atoms with van der Waals surface area (Å²) < 4.78 is 37.5. The molecule has 1 aromatic heterocycles. The Kier molecular flexibility index (Phi) is 3.89. The number of H-pyrrole nitrogens is 1. The molecule has 0 amide bonds. The van der Waals surface area contributed by atoms with Gasteiger partial charge in [0.1, 0.15) is 6.20 Å². The minimum absolute atomic E-state index is 0.262. The molecule has 2 rings (SSSR count). The van der Waals surface area contributed by atoms with Gasteiger partial charge in [-0.3, -0.25) is 9.78 Å². The number of nitrogens with zero attached hydrogens (tertiary/aromatic N) is 2. The maximum absolute atomic E-state index is 12.5. The molecule has 1 aromatic carbocycles. The van der Waals surface area contributed by atoms with E-state index >= 15 is 0 Å². The Balaban J connectivity index is 2.10. The second kappa shape index (κ2) is 5.43. The van der Waals surface area contributed by atoms with Crippen LogP contribution in [0.2, 0.25) is 0 Å². The number of halogens is 3. The topological polar surface area (TPSA) is 58.6 Å². The number of rotatable bonds is 3. The zero-order valence-corrected chi connectivity index (χ0v) is 10.3. The summed E-state index contributed by atoms with van der Waals surface area (Å²) >= 11 is 1.11. The monoisotopic (exact) mass is 287 g/mol. The van der Waals surface area contributed by atoms with Crippen LogP contribution in [0.25, 0.3) is 0 Å². The first kappa shape index (κ1) is 13.6. The highest BCUT2D eigenvalue weighted by Gasteiger charge is 2.30. The van der Waals surface area contributed by atoms with Crippen LogP contribution in [0, 0.1) is 0 Å². The van der Waals surface area contributed by atoms with Crippen LogP contribution in [0.1, 0.15) is 11.1 Å². The van der Waals surface area contributed by atoms with Crippen LogP contribution in [0.3, 0.4) is 0 Å². The van der Waals surface area contributed by atoms with Gasteiger partial charge in [-0.1, -0.05) is 30.0 Å². The number of thioether (sulfide) groups is 1. The van der Waals surface area contributed by atoms with Gasteiger partial charge in [-0.15, -0.1) is 5.10 Å². The van der Waals surface area contributed by atoms with Crippen LogP contribution in [-0.4, -0.2) is 15.2 Å². The highest BCUT2D eigenvalue weighted by Crippen LogP contribution is 2.30. The number of aromatic nitrogens is 3. The molecular weight excluding hydrogens is 279 g/mol. The van der Waals surface area contributed by atoms with E-state index < -0.39 is 17.3 Å². The van der Waals surface area contributed by atoms with E-state index in [4.69, 9.17) is 0 Å². The zero-order chi connectivity index (χ0) is 13.9. The Morgan fingerprint density at radius 3 is 2.79 bits per heavy atom. The van der Waals surface area contributed by atoms with E-state index in [1.54, 1.807) is 6.07 Å². The van der Waals surface area contributed by atoms with E-state index in [9.17, 15) is 18.0 Å². The Morgan fingerprint density at radius 2 is 2.11 bits per heavy atom. The van der Waals surface area contributed by atoms with E-state index in [-0.39, 0.29) is 10.9 Å². The van der Waals surface area contributed by atoms with E-state index in [2.05, 4.69) is 15.2 Å². The van der Waals surface area contributed by atoms with Crippen molar-refractivity contribution in [1.29, 1.82) is 0 Å². The van der Waals surface area contributed by atoms with Gasteiger partial charge >= 0.3 is 6.18 Å². The first-order valence-electron chi connectivity index (χ1n) is 5.16. The summed E-state index contributed by atoms with van der Waals surface area (Å²) in [6.45, 7) is 0. The van der Waals surface area contributed by atoms with Crippen molar-refractivity contribution in [3.05, 3.63) is 51.9 Å². The molecule has 8 heteroatoms. The standard InChI is InChI=1S/C11H8F3N3OS/c12-11(13,14)8-3-1-2-7(4-8)6-19-10-16-9(18)5-15-17-10/h1-5H,6H2,(H,16,17,18). The summed E-state index contributed by atoms with van der Waals surface area (Å²) in [5.41, 5.74) is -0.605. The second-order valence-corrected chi connectivity index (χ2v) is 4.59. The maximum atomic E-state index is 12.5. The van der Waals surface area contributed by atoms with Crippen LogP contribution >= 0.6 is 11.8 Å². The van der Waals surface area contributed by atoms with Gasteiger partial charge in [0, 0.05) is 5.75 Å². The van der Waals surface area contributed by atoms with E-state index in [0.29, 0.717) is 5.56 Å². The molecule has 1 heterocycles. The lowest BCUT2D eigenvalue weighted by Gasteiger charge is -2.08. The minimum Gasteiger partial charge on any atom is -0.299 e. The van der Waals surface area contributed by atoms with Crippen molar-refractivity contribution in [2.24, 2.45) is 0 Å². The number of hydrogen-bond acceptors (Lipinski definition) is 4. The number of aromatic amines is 1. The highest BCUT2D eigenvalue weighted by atomic mass is 32.2. The number of nitrogens with one attached hydrogen (secondary N) is 1. The molecule has 0 saturated carbocycles. The van der Waals surface area contributed by atoms with Crippen molar-refractivity contribution in [3.8, 4) is 0 Å². The number of hydrogen-bond donors (Lipinski definition) is 1. The maximum Gasteiger partial charge on any atom is 0.416 e.